The van der Waals surface area contributed by atoms with Gasteiger partial charge in [-0.3, -0.25) is 0 Å². The van der Waals surface area contributed by atoms with Gasteiger partial charge in [0.05, 0.1) is 0 Å². The molecule has 0 bridgehead atoms. The van der Waals surface area contributed by atoms with Crippen LogP contribution in [0.25, 0.3) is 0 Å². The first-order valence-electron chi connectivity index (χ1n) is 3.74. The van der Waals surface area contributed by atoms with Crippen molar-refractivity contribution >= 4 is 0 Å². The SMILES string of the molecule is CC/C=C1\CCCN1C. The molecule has 1 heteroatoms. The van der Waals surface area contributed by atoms with E-state index in [4.69, 9.17) is 0 Å². The van der Waals surface area contributed by atoms with Crippen molar-refractivity contribution < 1.29 is 0 Å². The summed E-state index contributed by atoms with van der Waals surface area (Å²) < 4.78 is 0. The largest absolute Gasteiger partial charge is 0.378 e. The molecule has 1 nitrogen and oxygen atoms in total. The summed E-state index contributed by atoms with van der Waals surface area (Å²) in [6.07, 6.45) is 6.15. The van der Waals surface area contributed by atoms with Gasteiger partial charge in [0.15, 0.2) is 0 Å². The fraction of sp³-hybridized carbons (Fsp3) is 0.750. The van der Waals surface area contributed by atoms with E-state index in [1.807, 2.05) is 0 Å². The van der Waals surface area contributed by atoms with Crippen LogP contribution in [0.1, 0.15) is 26.2 Å². The highest BCUT2D eigenvalue weighted by molar-refractivity contribution is 5.03. The maximum atomic E-state index is 2.35. The van der Waals surface area contributed by atoms with Gasteiger partial charge in [0.1, 0.15) is 0 Å². The van der Waals surface area contributed by atoms with Gasteiger partial charge in [0.25, 0.3) is 0 Å². The van der Waals surface area contributed by atoms with Crippen molar-refractivity contribution in [1.29, 1.82) is 0 Å². The number of nitrogens with zero attached hydrogens (tertiary/aromatic N) is 1. The lowest BCUT2D eigenvalue weighted by molar-refractivity contribution is 0.479. The summed E-state index contributed by atoms with van der Waals surface area (Å²) in [5.74, 6) is 0. The van der Waals surface area contributed by atoms with Crippen molar-refractivity contribution in [1.82, 2.24) is 4.90 Å². The average Bonchev–Trinajstić information content (AvgIpc) is 2.18. The molecule has 0 aliphatic carbocycles. The Morgan fingerprint density at radius 1 is 1.67 bits per heavy atom. The van der Waals surface area contributed by atoms with Crippen molar-refractivity contribution in [2.24, 2.45) is 0 Å². The molecule has 1 aliphatic rings. The minimum absolute atomic E-state index is 1.18. The standard InChI is InChI=1S/C8H15N/c1-3-5-8-6-4-7-9(8)2/h5H,3-4,6-7H2,1-2H3/b8-5+. The van der Waals surface area contributed by atoms with Crippen molar-refractivity contribution in [3.05, 3.63) is 11.8 Å². The first-order valence-corrected chi connectivity index (χ1v) is 3.74. The maximum absolute atomic E-state index is 2.35. The van der Waals surface area contributed by atoms with Crippen LogP contribution in [0.15, 0.2) is 11.8 Å². The van der Waals surface area contributed by atoms with E-state index in [0.29, 0.717) is 0 Å². The molecule has 0 amide bonds. The van der Waals surface area contributed by atoms with E-state index in [1.54, 1.807) is 0 Å². The monoisotopic (exact) mass is 125 g/mol. The Kier molecular flexibility index (Phi) is 2.15. The van der Waals surface area contributed by atoms with Crippen LogP contribution in [0.4, 0.5) is 0 Å². The predicted octanol–water partition coefficient (Wildman–Crippen LogP) is 2.01. The van der Waals surface area contributed by atoms with E-state index in [-0.39, 0.29) is 0 Å². The van der Waals surface area contributed by atoms with Crippen molar-refractivity contribution in [3.63, 3.8) is 0 Å². The van der Waals surface area contributed by atoms with Crippen LogP contribution in [-0.2, 0) is 0 Å². The van der Waals surface area contributed by atoms with Crippen LogP contribution in [0.3, 0.4) is 0 Å². The summed E-state index contributed by atoms with van der Waals surface area (Å²) in [6, 6.07) is 0. The number of rotatable bonds is 1. The highest BCUT2D eigenvalue weighted by atomic mass is 15.1. The molecule has 0 aromatic rings. The zero-order valence-electron chi connectivity index (χ0n) is 6.35. The van der Waals surface area contributed by atoms with E-state index < -0.39 is 0 Å². The highest BCUT2D eigenvalue weighted by Gasteiger charge is 2.10. The van der Waals surface area contributed by atoms with Crippen LogP contribution < -0.4 is 0 Å². The summed E-state index contributed by atoms with van der Waals surface area (Å²) >= 11 is 0. The number of allylic oxidation sites excluding steroid dienone is 2. The third-order valence-electron chi connectivity index (χ3n) is 1.86. The first kappa shape index (κ1) is 6.66. The van der Waals surface area contributed by atoms with Crippen molar-refractivity contribution in [2.75, 3.05) is 13.6 Å². The number of hydrogen-bond acceptors (Lipinski definition) is 1. The van der Waals surface area contributed by atoms with Crippen LogP contribution in [0, 0.1) is 0 Å². The Bertz CT molecular complexity index is 116. The van der Waals surface area contributed by atoms with Gasteiger partial charge in [0.2, 0.25) is 0 Å². The minimum atomic E-state index is 1.18. The fourth-order valence-electron chi connectivity index (χ4n) is 1.33. The van der Waals surface area contributed by atoms with Crippen LogP contribution in [0.2, 0.25) is 0 Å². The molecule has 1 heterocycles. The lowest BCUT2D eigenvalue weighted by Gasteiger charge is -2.11. The Morgan fingerprint density at radius 3 is 2.89 bits per heavy atom. The highest BCUT2D eigenvalue weighted by Crippen LogP contribution is 2.18. The molecule has 9 heavy (non-hydrogen) atoms. The normalized spacial score (nSPS) is 23.8. The lowest BCUT2D eigenvalue weighted by Crippen LogP contribution is -2.09. The molecule has 0 radical (unpaired) electrons. The molecule has 1 saturated heterocycles. The van der Waals surface area contributed by atoms with Crippen LogP contribution in [-0.4, -0.2) is 18.5 Å². The Balaban J connectivity index is 2.48. The summed E-state index contributed by atoms with van der Waals surface area (Å²) in [7, 11) is 2.18. The van der Waals surface area contributed by atoms with Gasteiger partial charge in [-0.1, -0.05) is 13.0 Å². The molecular weight excluding hydrogens is 110 g/mol. The van der Waals surface area contributed by atoms with Gasteiger partial charge >= 0.3 is 0 Å². The van der Waals surface area contributed by atoms with Crippen molar-refractivity contribution in [3.8, 4) is 0 Å². The molecule has 1 fully saturated rings. The quantitative estimate of drug-likeness (QED) is 0.518. The molecule has 52 valence electrons. The molecule has 0 aromatic heterocycles. The van der Waals surface area contributed by atoms with E-state index in [0.717, 1.165) is 0 Å². The summed E-state index contributed by atoms with van der Waals surface area (Å²) in [5, 5.41) is 0. The van der Waals surface area contributed by atoms with Crippen molar-refractivity contribution in [2.45, 2.75) is 26.2 Å². The molecule has 0 unspecified atom stereocenters. The van der Waals surface area contributed by atoms with Gasteiger partial charge in [-0.2, -0.15) is 0 Å². The van der Waals surface area contributed by atoms with Gasteiger partial charge < -0.3 is 4.90 Å². The lowest BCUT2D eigenvalue weighted by atomic mass is 10.3. The van der Waals surface area contributed by atoms with Gasteiger partial charge in [-0.25, -0.2) is 0 Å². The maximum Gasteiger partial charge on any atom is 0.0175 e. The minimum Gasteiger partial charge on any atom is -0.378 e. The second-order valence-electron chi connectivity index (χ2n) is 2.63. The molecule has 0 atom stereocenters. The van der Waals surface area contributed by atoms with Crippen LogP contribution in [0.5, 0.6) is 0 Å². The molecule has 0 N–H and O–H groups in total. The van der Waals surface area contributed by atoms with Gasteiger partial charge in [-0.15, -0.1) is 0 Å². The fourth-order valence-corrected chi connectivity index (χ4v) is 1.33. The van der Waals surface area contributed by atoms with E-state index >= 15 is 0 Å². The number of hydrogen-bond donors (Lipinski definition) is 0. The average molecular weight is 125 g/mol. The summed E-state index contributed by atoms with van der Waals surface area (Å²) in [6.45, 7) is 3.45. The number of likely N-dealkylation sites (tertiary alicyclic amines) is 1. The third-order valence-corrected chi connectivity index (χ3v) is 1.86. The topological polar surface area (TPSA) is 3.24 Å². The molecule has 1 rings (SSSR count). The Labute approximate surface area is 57.4 Å². The zero-order chi connectivity index (χ0) is 6.69. The molecular formula is C8H15N. The second-order valence-corrected chi connectivity index (χ2v) is 2.63. The molecule has 0 saturated carbocycles. The predicted molar refractivity (Wildman–Crippen MR) is 40.2 cm³/mol. The molecule has 0 spiro atoms. The smallest absolute Gasteiger partial charge is 0.0175 e. The summed E-state index contributed by atoms with van der Waals surface area (Å²) in [4.78, 5) is 2.35. The van der Waals surface area contributed by atoms with Crippen LogP contribution >= 0.6 is 0 Å². The summed E-state index contributed by atoms with van der Waals surface area (Å²) in [5.41, 5.74) is 1.54. The first-order chi connectivity index (χ1) is 4.34. The van der Waals surface area contributed by atoms with E-state index in [9.17, 15) is 0 Å². The third kappa shape index (κ3) is 1.47. The Morgan fingerprint density at radius 2 is 2.44 bits per heavy atom. The van der Waals surface area contributed by atoms with Gasteiger partial charge in [-0.05, 0) is 19.3 Å². The Hall–Kier alpha value is -0.460. The second kappa shape index (κ2) is 2.90. The zero-order valence-corrected chi connectivity index (χ0v) is 6.35. The molecule has 1 aliphatic heterocycles. The van der Waals surface area contributed by atoms with Gasteiger partial charge in [0, 0.05) is 19.3 Å². The van der Waals surface area contributed by atoms with E-state index in [2.05, 4.69) is 24.9 Å². The van der Waals surface area contributed by atoms with E-state index in [1.165, 1.54) is 31.5 Å². The molecule has 0 aromatic carbocycles.